The molecule has 0 atom stereocenters. The van der Waals surface area contributed by atoms with E-state index in [-0.39, 0.29) is 5.69 Å². The Morgan fingerprint density at radius 1 is 1.58 bits per heavy atom. The number of ketones is 1. The van der Waals surface area contributed by atoms with E-state index < -0.39 is 17.0 Å². The van der Waals surface area contributed by atoms with Gasteiger partial charge < -0.3 is 0 Å². The molecule has 0 aliphatic heterocycles. The number of hydrogen-bond donors (Lipinski definition) is 0. The molecule has 0 bridgehead atoms. The first kappa shape index (κ1) is 9.18. The molecule has 0 saturated heterocycles. The Bertz CT molecular complexity index is 304. The lowest BCUT2D eigenvalue weighted by atomic mass is 10.4. The number of carbonyl (C=O) groups excluding carboxylic acids is 1. The predicted molar refractivity (Wildman–Crippen MR) is 37.1 cm³/mol. The minimum Gasteiger partial charge on any atom is -0.293 e. The second kappa shape index (κ2) is 2.85. The van der Waals surface area contributed by atoms with Crippen molar-refractivity contribution < 1.29 is 18.0 Å². The van der Waals surface area contributed by atoms with Gasteiger partial charge >= 0.3 is 6.18 Å². The quantitative estimate of drug-likeness (QED) is 0.644. The summed E-state index contributed by atoms with van der Waals surface area (Å²) < 4.78 is 35.7. The van der Waals surface area contributed by atoms with Crippen LogP contribution in [0.5, 0.6) is 0 Å². The Labute approximate surface area is 70.0 Å². The zero-order valence-electron chi connectivity index (χ0n) is 5.97. The van der Waals surface area contributed by atoms with Crippen LogP contribution in [0.2, 0.25) is 0 Å². The van der Waals surface area contributed by atoms with Gasteiger partial charge in [-0.25, -0.2) is 4.98 Å². The van der Waals surface area contributed by atoms with Crippen molar-refractivity contribution >= 4 is 17.1 Å². The van der Waals surface area contributed by atoms with Gasteiger partial charge in [0.1, 0.15) is 5.69 Å². The number of aromatic nitrogens is 1. The van der Waals surface area contributed by atoms with E-state index in [1.165, 1.54) is 6.92 Å². The lowest BCUT2D eigenvalue weighted by Crippen LogP contribution is -2.05. The minimum atomic E-state index is -4.45. The summed E-state index contributed by atoms with van der Waals surface area (Å²) in [5.41, 5.74) is -0.132. The number of nitrogens with zero attached hydrogens (tertiary/aromatic N) is 1. The highest BCUT2D eigenvalue weighted by Gasteiger charge is 2.34. The van der Waals surface area contributed by atoms with Crippen LogP contribution in [0.15, 0.2) is 5.38 Å². The van der Waals surface area contributed by atoms with Crippen LogP contribution in [0.25, 0.3) is 0 Å². The Balaban J connectivity index is 3.00. The molecule has 1 heterocycles. The van der Waals surface area contributed by atoms with E-state index in [2.05, 4.69) is 4.98 Å². The SMILES string of the molecule is CC(=O)c1csc(C(F)(F)F)n1. The van der Waals surface area contributed by atoms with Gasteiger partial charge in [-0.3, -0.25) is 4.79 Å². The maximum Gasteiger partial charge on any atom is 0.443 e. The molecule has 6 heteroatoms. The largest absolute Gasteiger partial charge is 0.443 e. The Morgan fingerprint density at radius 3 is 2.42 bits per heavy atom. The van der Waals surface area contributed by atoms with Crippen LogP contribution in [0.4, 0.5) is 13.2 Å². The molecule has 0 amide bonds. The van der Waals surface area contributed by atoms with Gasteiger partial charge in [0.05, 0.1) is 0 Å². The molecule has 1 rings (SSSR count). The summed E-state index contributed by atoms with van der Waals surface area (Å²) in [5.74, 6) is -0.457. The molecule has 0 N–H and O–H groups in total. The van der Waals surface area contributed by atoms with E-state index in [0.29, 0.717) is 11.3 Å². The van der Waals surface area contributed by atoms with Crippen LogP contribution in [0.3, 0.4) is 0 Å². The zero-order valence-corrected chi connectivity index (χ0v) is 6.79. The number of hydrogen-bond acceptors (Lipinski definition) is 3. The van der Waals surface area contributed by atoms with Crippen molar-refractivity contribution in [2.24, 2.45) is 0 Å². The Kier molecular flexibility index (Phi) is 2.18. The van der Waals surface area contributed by atoms with Gasteiger partial charge in [-0.1, -0.05) is 0 Å². The summed E-state index contributed by atoms with van der Waals surface area (Å²) >= 11 is 0.428. The van der Waals surface area contributed by atoms with Gasteiger partial charge in [-0.2, -0.15) is 13.2 Å². The maximum absolute atomic E-state index is 11.9. The van der Waals surface area contributed by atoms with Crippen molar-refractivity contribution in [1.29, 1.82) is 0 Å². The number of thiazole rings is 1. The molecule has 0 unspecified atom stereocenters. The summed E-state index contributed by atoms with van der Waals surface area (Å²) in [6, 6.07) is 0. The standard InChI is InChI=1S/C6H4F3NOS/c1-3(11)4-2-12-5(10-4)6(7,8)9/h2H,1H3. The third-order valence-electron chi connectivity index (χ3n) is 1.11. The highest BCUT2D eigenvalue weighted by molar-refractivity contribution is 7.09. The van der Waals surface area contributed by atoms with Crippen LogP contribution in [0.1, 0.15) is 22.4 Å². The Hall–Kier alpha value is -0.910. The van der Waals surface area contributed by atoms with E-state index in [0.717, 1.165) is 5.38 Å². The minimum absolute atomic E-state index is 0.132. The smallest absolute Gasteiger partial charge is 0.293 e. The number of rotatable bonds is 1. The van der Waals surface area contributed by atoms with Crippen LogP contribution in [-0.4, -0.2) is 10.8 Å². The summed E-state index contributed by atoms with van der Waals surface area (Å²) in [4.78, 5) is 13.7. The van der Waals surface area contributed by atoms with E-state index in [1.54, 1.807) is 0 Å². The fourth-order valence-electron chi connectivity index (χ4n) is 0.566. The molecular formula is C6H4F3NOS. The molecule has 0 spiro atoms. The van der Waals surface area contributed by atoms with E-state index in [9.17, 15) is 18.0 Å². The van der Waals surface area contributed by atoms with Gasteiger partial charge in [0, 0.05) is 12.3 Å². The predicted octanol–water partition coefficient (Wildman–Crippen LogP) is 2.36. The van der Waals surface area contributed by atoms with Gasteiger partial charge in [0.2, 0.25) is 0 Å². The van der Waals surface area contributed by atoms with Gasteiger partial charge in [-0.05, 0) is 0 Å². The lowest BCUT2D eigenvalue weighted by Gasteiger charge is -1.98. The highest BCUT2D eigenvalue weighted by Crippen LogP contribution is 2.31. The molecule has 1 aromatic rings. The first-order valence-corrected chi connectivity index (χ1v) is 3.83. The van der Waals surface area contributed by atoms with Gasteiger partial charge in [0.15, 0.2) is 10.8 Å². The topological polar surface area (TPSA) is 30.0 Å². The van der Waals surface area contributed by atoms with Crippen molar-refractivity contribution in [3.8, 4) is 0 Å². The zero-order chi connectivity index (χ0) is 9.35. The normalized spacial score (nSPS) is 11.7. The number of halogens is 3. The molecule has 0 fully saturated rings. The third kappa shape index (κ3) is 1.82. The van der Waals surface area contributed by atoms with Crippen LogP contribution >= 0.6 is 11.3 Å². The van der Waals surface area contributed by atoms with E-state index in [4.69, 9.17) is 0 Å². The average Bonchev–Trinajstić information content (AvgIpc) is 2.30. The van der Waals surface area contributed by atoms with Gasteiger partial charge in [0.25, 0.3) is 0 Å². The molecule has 1 aromatic heterocycles. The molecule has 0 aliphatic carbocycles. The average molecular weight is 195 g/mol. The fraction of sp³-hybridized carbons (Fsp3) is 0.333. The van der Waals surface area contributed by atoms with E-state index in [1.807, 2.05) is 0 Å². The first-order chi connectivity index (χ1) is 5.41. The summed E-state index contributed by atoms with van der Waals surface area (Å²) in [6.45, 7) is 1.18. The second-order valence-corrected chi connectivity index (χ2v) is 2.95. The van der Waals surface area contributed by atoms with Crippen molar-refractivity contribution in [3.63, 3.8) is 0 Å². The molecule has 0 radical (unpaired) electrons. The van der Waals surface area contributed by atoms with Crippen LogP contribution < -0.4 is 0 Å². The lowest BCUT2D eigenvalue weighted by molar-refractivity contribution is -0.137. The molecule has 66 valence electrons. The Morgan fingerprint density at radius 2 is 2.17 bits per heavy atom. The second-order valence-electron chi connectivity index (χ2n) is 2.09. The first-order valence-electron chi connectivity index (χ1n) is 2.95. The van der Waals surface area contributed by atoms with Crippen molar-refractivity contribution in [3.05, 3.63) is 16.1 Å². The maximum atomic E-state index is 11.9. The summed E-state index contributed by atoms with van der Waals surface area (Å²) in [7, 11) is 0. The molecule has 0 saturated carbocycles. The summed E-state index contributed by atoms with van der Waals surface area (Å²) in [5, 5.41) is 0.123. The van der Waals surface area contributed by atoms with Crippen LogP contribution in [0, 0.1) is 0 Å². The summed E-state index contributed by atoms with van der Waals surface area (Å²) in [6.07, 6.45) is -4.45. The number of carbonyl (C=O) groups is 1. The van der Waals surface area contributed by atoms with Crippen molar-refractivity contribution in [1.82, 2.24) is 4.98 Å². The monoisotopic (exact) mass is 195 g/mol. The van der Waals surface area contributed by atoms with Crippen LogP contribution in [-0.2, 0) is 6.18 Å². The molecule has 2 nitrogen and oxygen atoms in total. The third-order valence-corrected chi connectivity index (χ3v) is 1.99. The molecule has 12 heavy (non-hydrogen) atoms. The fourth-order valence-corrected chi connectivity index (χ4v) is 1.29. The van der Waals surface area contributed by atoms with E-state index >= 15 is 0 Å². The molecule has 0 aliphatic rings. The number of alkyl halides is 3. The van der Waals surface area contributed by atoms with Gasteiger partial charge in [-0.15, -0.1) is 11.3 Å². The number of Topliss-reactive ketones (excluding diaryl/α,β-unsaturated/α-hetero) is 1. The molecule has 0 aromatic carbocycles. The highest BCUT2D eigenvalue weighted by atomic mass is 32.1. The van der Waals surface area contributed by atoms with Crippen molar-refractivity contribution in [2.45, 2.75) is 13.1 Å². The molecular weight excluding hydrogens is 191 g/mol. The van der Waals surface area contributed by atoms with Crippen molar-refractivity contribution in [2.75, 3.05) is 0 Å².